The van der Waals surface area contributed by atoms with Gasteiger partial charge in [0.1, 0.15) is 11.2 Å². The number of amides is 2. The Kier molecular flexibility index (Phi) is 8.90. The third-order valence-corrected chi connectivity index (χ3v) is 16.2. The van der Waals surface area contributed by atoms with Crippen LogP contribution >= 0.6 is 11.6 Å². The number of rotatable bonds is 7. The maximum atomic E-state index is 15.4. The predicted molar refractivity (Wildman–Crippen MR) is 224 cm³/mol. The molecule has 7 aliphatic rings. The third-order valence-electron chi connectivity index (χ3n) is 16.0. The van der Waals surface area contributed by atoms with Crippen LogP contribution in [-0.4, -0.2) is 132 Å². The summed E-state index contributed by atoms with van der Waals surface area (Å²) in [4.78, 5) is 56.2. The first-order valence-corrected chi connectivity index (χ1v) is 22.0. The van der Waals surface area contributed by atoms with Crippen LogP contribution in [0, 0.1) is 11.3 Å². The Hall–Kier alpha value is -4.10. The van der Waals surface area contributed by atoms with Crippen molar-refractivity contribution in [3.63, 3.8) is 0 Å². The topological polar surface area (TPSA) is 128 Å². The molecule has 6 aliphatic heterocycles. The second-order valence-electron chi connectivity index (χ2n) is 18.6. The lowest BCUT2D eigenvalue weighted by molar-refractivity contribution is -0.152. The van der Waals surface area contributed by atoms with Crippen LogP contribution in [0.4, 0.5) is 10.5 Å². The van der Waals surface area contributed by atoms with E-state index < -0.39 is 45.6 Å². The number of aliphatic hydroxyl groups is 1. The highest BCUT2D eigenvalue weighted by Gasteiger charge is 2.79. The molecule has 2 N–H and O–H groups in total. The minimum absolute atomic E-state index is 0.0103. The number of alkyl halides is 1. The maximum absolute atomic E-state index is 15.4. The standard InChI is InChI=1S/C46H56ClN5O7/c1-6-42-14-10-17-51-19-15-44(37(42)51)31-21-32(35(57-4)22-34(31)49(3)38(44)46(26-42)39(53)52(20-16-47)41(55)59-46)45(40(54)58-5)24-28-23-43(56,7-2)27-50(25-28)18-13-30-29-11-8-9-12-33(29)48-36(30)45/h8-12,14,21-22,28,37-38,48,56H,6-7,13,15-20,23-27H2,1-5H3/t28-,37-,38+,42-,43-,44-,45-,46+/m0/s1. The van der Waals surface area contributed by atoms with E-state index in [9.17, 15) is 14.7 Å². The molecule has 9 atom stereocenters. The van der Waals surface area contributed by atoms with Gasteiger partial charge >= 0.3 is 12.1 Å². The van der Waals surface area contributed by atoms with Crippen molar-refractivity contribution in [1.82, 2.24) is 19.7 Å². The molecule has 2 bridgehead atoms. The van der Waals surface area contributed by atoms with E-state index in [0.717, 1.165) is 72.4 Å². The van der Waals surface area contributed by atoms with Crippen LogP contribution in [0.2, 0.25) is 0 Å². The summed E-state index contributed by atoms with van der Waals surface area (Å²) >= 11 is 6.20. The van der Waals surface area contributed by atoms with Crippen LogP contribution in [0.1, 0.15) is 74.8 Å². The number of para-hydroxylation sites is 1. The van der Waals surface area contributed by atoms with Crippen molar-refractivity contribution in [2.24, 2.45) is 11.3 Å². The fraction of sp³-hybridized carbons (Fsp3) is 0.587. The van der Waals surface area contributed by atoms with Gasteiger partial charge in [0.25, 0.3) is 5.91 Å². The van der Waals surface area contributed by atoms with Crippen molar-refractivity contribution in [2.75, 3.05) is 71.3 Å². The lowest BCUT2D eigenvalue weighted by Crippen LogP contribution is -2.74. The third kappa shape index (κ3) is 5.03. The van der Waals surface area contributed by atoms with Crippen molar-refractivity contribution in [3.05, 3.63) is 70.9 Å². The van der Waals surface area contributed by atoms with Crippen molar-refractivity contribution in [1.29, 1.82) is 0 Å². The van der Waals surface area contributed by atoms with Gasteiger partial charge in [-0.1, -0.05) is 44.2 Å². The second kappa shape index (κ2) is 13.4. The molecule has 1 aromatic heterocycles. The number of carbonyl (C=O) groups excluding carboxylic acids is 3. The first kappa shape index (κ1) is 39.1. The number of aromatic amines is 1. The minimum Gasteiger partial charge on any atom is -0.496 e. The van der Waals surface area contributed by atoms with E-state index in [4.69, 9.17) is 25.8 Å². The fourth-order valence-electron chi connectivity index (χ4n) is 13.9. The van der Waals surface area contributed by atoms with E-state index in [-0.39, 0.29) is 30.3 Å². The molecule has 3 aromatic rings. The van der Waals surface area contributed by atoms with E-state index >= 15 is 4.79 Å². The number of anilines is 1. The number of methoxy groups -OCH3 is 2. The highest BCUT2D eigenvalue weighted by Crippen LogP contribution is 2.69. The Morgan fingerprint density at radius 1 is 1.07 bits per heavy atom. The van der Waals surface area contributed by atoms with E-state index in [2.05, 4.69) is 57.0 Å². The number of hydrogen-bond donors (Lipinski definition) is 2. The van der Waals surface area contributed by atoms with Gasteiger partial charge in [-0.3, -0.25) is 19.4 Å². The SMILES string of the molecule is CC[C@]1(O)C[C@@H]2CN(CCc3c([nH]c4ccccc34)[C@@](C(=O)OC)(c3cc4c(cc3OC)N(C)[C@@H]3[C@@]45CCN4CC=C[C@@](CC)(C[C@@]36OC(=O)N(CCCl)C6=O)[C@H]45)C2)C1. The van der Waals surface area contributed by atoms with Gasteiger partial charge in [-0.15, -0.1) is 11.6 Å². The molecule has 12 nitrogen and oxygen atoms in total. The minimum atomic E-state index is -1.48. The molecule has 13 heteroatoms. The van der Waals surface area contributed by atoms with Crippen LogP contribution in [-0.2, 0) is 36.3 Å². The molecular weight excluding hydrogens is 770 g/mol. The van der Waals surface area contributed by atoms with E-state index in [1.165, 1.54) is 12.0 Å². The van der Waals surface area contributed by atoms with Crippen molar-refractivity contribution < 1.29 is 33.7 Å². The second-order valence-corrected chi connectivity index (χ2v) is 19.0. The summed E-state index contributed by atoms with van der Waals surface area (Å²) in [5.74, 6) is -0.143. The summed E-state index contributed by atoms with van der Waals surface area (Å²) < 4.78 is 18.9. The van der Waals surface area contributed by atoms with Crippen molar-refractivity contribution in [2.45, 2.75) is 92.9 Å². The maximum Gasteiger partial charge on any atom is 0.417 e. The smallest absolute Gasteiger partial charge is 0.417 e. The molecule has 3 saturated heterocycles. The van der Waals surface area contributed by atoms with Gasteiger partial charge in [0.05, 0.1) is 25.9 Å². The molecule has 314 valence electrons. The summed E-state index contributed by atoms with van der Waals surface area (Å²) in [7, 11) is 5.13. The quantitative estimate of drug-likeness (QED) is 0.179. The molecule has 0 radical (unpaired) electrons. The highest BCUT2D eigenvalue weighted by atomic mass is 35.5. The van der Waals surface area contributed by atoms with Crippen LogP contribution in [0.15, 0.2) is 48.6 Å². The van der Waals surface area contributed by atoms with Crippen LogP contribution in [0.25, 0.3) is 10.9 Å². The van der Waals surface area contributed by atoms with Crippen molar-refractivity contribution >= 4 is 46.2 Å². The number of nitrogens with zero attached hydrogens (tertiary/aromatic N) is 4. The normalized spacial score (nSPS) is 37.1. The predicted octanol–water partition coefficient (Wildman–Crippen LogP) is 5.50. The van der Waals surface area contributed by atoms with E-state index in [0.29, 0.717) is 50.0 Å². The summed E-state index contributed by atoms with van der Waals surface area (Å²) in [5, 5.41) is 13.1. The molecular formula is C46H56ClN5O7. The Bertz CT molecular complexity index is 2300. The largest absolute Gasteiger partial charge is 0.496 e. The fourth-order valence-corrected chi connectivity index (χ4v) is 14.1. The van der Waals surface area contributed by atoms with Gasteiger partial charge in [0.15, 0.2) is 0 Å². The Morgan fingerprint density at radius 3 is 2.63 bits per heavy atom. The summed E-state index contributed by atoms with van der Waals surface area (Å²) in [6.45, 7) is 7.93. The van der Waals surface area contributed by atoms with E-state index in [1.807, 2.05) is 32.2 Å². The lowest BCUT2D eigenvalue weighted by Gasteiger charge is -2.60. The molecule has 59 heavy (non-hydrogen) atoms. The number of likely N-dealkylation sites (N-methyl/N-ethyl adjacent to an activating group) is 1. The van der Waals surface area contributed by atoms with Crippen molar-refractivity contribution in [3.8, 4) is 5.75 Å². The number of esters is 1. The number of hydrogen-bond acceptors (Lipinski definition) is 10. The van der Waals surface area contributed by atoms with Gasteiger partial charge in [-0.25, -0.2) is 9.69 Å². The Morgan fingerprint density at radius 2 is 1.88 bits per heavy atom. The summed E-state index contributed by atoms with van der Waals surface area (Å²) in [5.41, 5.74) is 0.507. The number of benzene rings is 2. The van der Waals surface area contributed by atoms with Gasteiger partial charge in [-0.05, 0) is 74.2 Å². The van der Waals surface area contributed by atoms with Gasteiger partial charge in [-0.2, -0.15) is 0 Å². The Labute approximate surface area is 350 Å². The number of halogens is 1. The monoisotopic (exact) mass is 825 g/mol. The molecule has 4 fully saturated rings. The van der Waals surface area contributed by atoms with Crippen LogP contribution < -0.4 is 9.64 Å². The number of imide groups is 1. The molecule has 10 rings (SSSR count). The number of nitrogens with one attached hydrogen (secondary N) is 1. The number of fused-ring (bicyclic) bond motifs is 7. The van der Waals surface area contributed by atoms with Gasteiger partial charge in [0, 0.05) is 103 Å². The molecule has 1 aliphatic carbocycles. The van der Waals surface area contributed by atoms with Gasteiger partial charge < -0.3 is 29.2 Å². The molecule has 2 aromatic carbocycles. The number of ether oxygens (including phenoxy) is 3. The molecule has 1 saturated carbocycles. The average Bonchev–Trinajstić information content (AvgIpc) is 3.95. The van der Waals surface area contributed by atoms with Crippen LogP contribution in [0.3, 0.4) is 0 Å². The summed E-state index contributed by atoms with van der Waals surface area (Å²) in [6, 6.07) is 11.9. The number of carbonyl (C=O) groups is 3. The Balaban J connectivity index is 1.26. The summed E-state index contributed by atoms with van der Waals surface area (Å²) in [6.07, 6.45) is 7.89. The number of H-pyrrole nitrogens is 1. The molecule has 7 heterocycles. The highest BCUT2D eigenvalue weighted by molar-refractivity contribution is 6.18. The molecule has 2 spiro atoms. The number of aromatic nitrogens is 1. The number of piperidine rings is 1. The average molecular weight is 826 g/mol. The zero-order valence-corrected chi connectivity index (χ0v) is 35.6. The lowest BCUT2D eigenvalue weighted by atomic mass is 9.49. The van der Waals surface area contributed by atoms with Crippen LogP contribution in [0.5, 0.6) is 5.75 Å². The van der Waals surface area contributed by atoms with Gasteiger partial charge in [0.2, 0.25) is 5.60 Å². The zero-order chi connectivity index (χ0) is 41.3. The first-order chi connectivity index (χ1) is 28.4. The zero-order valence-electron chi connectivity index (χ0n) is 34.8. The van der Waals surface area contributed by atoms with E-state index in [1.54, 1.807) is 7.11 Å². The molecule has 2 amide bonds. The first-order valence-electron chi connectivity index (χ1n) is 21.5. The molecule has 1 unspecified atom stereocenters.